The van der Waals surface area contributed by atoms with E-state index in [9.17, 15) is 18.3 Å². The number of rotatable bonds is 5. The van der Waals surface area contributed by atoms with Crippen molar-refractivity contribution in [3.05, 3.63) is 29.8 Å². The van der Waals surface area contributed by atoms with Crippen LogP contribution in [0.2, 0.25) is 0 Å². The monoisotopic (exact) mass is 335 g/mol. The summed E-state index contributed by atoms with van der Waals surface area (Å²) in [6.07, 6.45) is 1.07. The zero-order chi connectivity index (χ0) is 16.0. The summed E-state index contributed by atoms with van der Waals surface area (Å²) in [5.41, 5.74) is 2.23. The minimum atomic E-state index is -4.38. The maximum atomic E-state index is 11.5. The van der Waals surface area contributed by atoms with Gasteiger partial charge in [0.05, 0.1) is 6.21 Å². The van der Waals surface area contributed by atoms with E-state index in [1.165, 1.54) is 32.0 Å². The van der Waals surface area contributed by atoms with Gasteiger partial charge in [-0.05, 0) is 25.8 Å². The maximum Gasteiger partial charge on any atom is 1.00 e. The van der Waals surface area contributed by atoms with Crippen LogP contribution in [-0.4, -0.2) is 37.0 Å². The molecule has 0 saturated heterocycles. The number of carbonyl (C=O) groups excluding carboxylic acids is 1. The molecule has 8 nitrogen and oxygen atoms in total. The Bertz CT molecular complexity index is 684. The molecule has 0 aromatic heterocycles. The molecule has 0 saturated carbocycles. The summed E-state index contributed by atoms with van der Waals surface area (Å²) in [5, 5.41) is 14.3. The molecular formula is C12H14N3NaO5S. The fraction of sp³-hybridized carbons (Fsp3) is 0.250. The third-order valence-electron chi connectivity index (χ3n) is 2.33. The van der Waals surface area contributed by atoms with Crippen LogP contribution in [0.25, 0.3) is 0 Å². The van der Waals surface area contributed by atoms with Gasteiger partial charge in [0.2, 0.25) is 0 Å². The van der Waals surface area contributed by atoms with E-state index in [1.54, 1.807) is 6.07 Å². The van der Waals surface area contributed by atoms with Gasteiger partial charge in [-0.15, -0.1) is 0 Å². The van der Waals surface area contributed by atoms with Crippen LogP contribution in [0.1, 0.15) is 19.4 Å². The Morgan fingerprint density at radius 3 is 2.55 bits per heavy atom. The van der Waals surface area contributed by atoms with Gasteiger partial charge in [0, 0.05) is 5.56 Å². The topological polar surface area (TPSA) is 131 Å². The first-order chi connectivity index (χ1) is 9.71. The number of nitrogens with zero attached hydrogens (tertiary/aromatic N) is 2. The first kappa shape index (κ1) is 20.7. The predicted molar refractivity (Wildman–Crippen MR) is 74.6 cm³/mol. The third-order valence-corrected chi connectivity index (χ3v) is 3.26. The van der Waals surface area contributed by atoms with Crippen molar-refractivity contribution in [3.63, 3.8) is 0 Å². The van der Waals surface area contributed by atoms with E-state index in [1.807, 2.05) is 0 Å². The number of hydrogen-bond donors (Lipinski definition) is 2. The summed E-state index contributed by atoms with van der Waals surface area (Å²) in [6.45, 7) is 2.63. The van der Waals surface area contributed by atoms with Crippen LogP contribution in [0.3, 0.4) is 0 Å². The zero-order valence-electron chi connectivity index (χ0n) is 12.3. The molecule has 1 amide bonds. The molecule has 0 fully saturated rings. The van der Waals surface area contributed by atoms with Crippen molar-refractivity contribution in [3.8, 4) is 0 Å². The molecule has 2 N–H and O–H groups in total. The van der Waals surface area contributed by atoms with Crippen molar-refractivity contribution in [2.24, 2.45) is 10.1 Å². The Balaban J connectivity index is 0.00000441. The van der Waals surface area contributed by atoms with Gasteiger partial charge in [0.15, 0.2) is 0 Å². The molecule has 114 valence electrons. The Hall–Kier alpha value is -1.26. The average molecular weight is 335 g/mol. The largest absolute Gasteiger partial charge is 1.00 e. The Labute approximate surface area is 150 Å². The van der Waals surface area contributed by atoms with Gasteiger partial charge in [0.1, 0.15) is 10.9 Å². The second kappa shape index (κ2) is 9.01. The molecule has 0 radical (unpaired) electrons. The third kappa shape index (κ3) is 6.67. The summed E-state index contributed by atoms with van der Waals surface area (Å²) in [7, 11) is -4.38. The molecule has 1 atom stereocenters. The molecule has 0 unspecified atom stereocenters. The minimum absolute atomic E-state index is 0. The van der Waals surface area contributed by atoms with Crippen LogP contribution in [0.5, 0.6) is 0 Å². The average Bonchev–Trinajstić information content (AvgIpc) is 2.37. The van der Waals surface area contributed by atoms with E-state index in [2.05, 4.69) is 15.5 Å². The fourth-order valence-electron chi connectivity index (χ4n) is 1.41. The fourth-order valence-corrected chi connectivity index (χ4v) is 2.08. The van der Waals surface area contributed by atoms with Crippen LogP contribution in [0.4, 0.5) is 0 Å². The van der Waals surface area contributed by atoms with E-state index >= 15 is 0 Å². The first-order valence-corrected chi connectivity index (χ1v) is 7.26. The summed E-state index contributed by atoms with van der Waals surface area (Å²) in [4.78, 5) is 14.7. The molecular weight excluding hydrogens is 321 g/mol. The number of hydrogen-bond acceptors (Lipinski definition) is 6. The van der Waals surface area contributed by atoms with Crippen molar-refractivity contribution < 1.29 is 52.4 Å². The van der Waals surface area contributed by atoms with Gasteiger partial charge in [-0.2, -0.15) is 13.5 Å². The van der Waals surface area contributed by atoms with Crippen molar-refractivity contribution in [2.45, 2.75) is 24.8 Å². The summed E-state index contributed by atoms with van der Waals surface area (Å²) in [6, 6.07) is 4.68. The van der Waals surface area contributed by atoms with Crippen LogP contribution in [0, 0.1) is 0 Å². The van der Waals surface area contributed by atoms with Gasteiger partial charge >= 0.3 is 29.6 Å². The van der Waals surface area contributed by atoms with Gasteiger partial charge < -0.3 is 5.11 Å². The van der Waals surface area contributed by atoms with Crippen molar-refractivity contribution in [2.75, 3.05) is 0 Å². The molecule has 1 rings (SSSR count). The molecule has 0 aliphatic heterocycles. The number of nitrogens with one attached hydrogen (secondary N) is 1. The normalized spacial score (nSPS) is 13.5. The molecule has 22 heavy (non-hydrogen) atoms. The number of carbonyl (C=O) groups is 1. The quantitative estimate of drug-likeness (QED) is 0.190. The second-order valence-electron chi connectivity index (χ2n) is 4.07. The molecule has 0 bridgehead atoms. The number of amides is 1. The number of benzene rings is 1. The molecule has 0 aliphatic rings. The molecule has 1 aromatic rings. The van der Waals surface area contributed by atoms with E-state index < -0.39 is 28.0 Å². The Kier molecular flexibility index (Phi) is 8.49. The molecule has 0 heterocycles. The van der Waals surface area contributed by atoms with Crippen molar-refractivity contribution >= 4 is 28.1 Å². The molecule has 1 aromatic carbocycles. The smallest absolute Gasteiger partial charge is 0.862 e. The van der Waals surface area contributed by atoms with Crippen LogP contribution < -0.4 is 40.1 Å². The van der Waals surface area contributed by atoms with Crippen molar-refractivity contribution in [1.29, 1.82) is 0 Å². The number of aliphatic imine (C=N–C) groups is 1. The van der Waals surface area contributed by atoms with Gasteiger partial charge in [-0.3, -0.25) is 14.3 Å². The van der Waals surface area contributed by atoms with Gasteiger partial charge in [-0.25, -0.2) is 5.43 Å². The predicted octanol–water partition coefficient (Wildman–Crippen LogP) is -3.45. The van der Waals surface area contributed by atoms with E-state index in [-0.39, 0.29) is 40.0 Å². The van der Waals surface area contributed by atoms with Crippen LogP contribution >= 0.6 is 0 Å². The second-order valence-corrected chi connectivity index (χ2v) is 5.46. The Morgan fingerprint density at radius 2 is 2.00 bits per heavy atom. The van der Waals surface area contributed by atoms with E-state index in [0.29, 0.717) is 0 Å². The first-order valence-electron chi connectivity index (χ1n) is 5.82. The van der Waals surface area contributed by atoms with Crippen molar-refractivity contribution in [1.82, 2.24) is 5.43 Å². The molecule has 10 heteroatoms. The maximum absolute atomic E-state index is 11.5. The van der Waals surface area contributed by atoms with E-state index in [4.69, 9.17) is 4.55 Å². The zero-order valence-corrected chi connectivity index (χ0v) is 15.2. The standard InChI is InChI=1S/C12H15N3O5S.Na/c1-8(14-9(2)16)12(17)15-13-7-10-5-3-4-6-11(10)21(18,19)20;/h3-8H,1-2H3,(H,14,16)(H,15,17)(H,18,19,20);/q;+1/p-1/b13-7-;/t8-;/m0./s1. The summed E-state index contributed by atoms with van der Waals surface area (Å²) in [5.74, 6) is -1.11. The molecule has 0 aliphatic carbocycles. The minimum Gasteiger partial charge on any atom is -0.862 e. The van der Waals surface area contributed by atoms with Crippen LogP contribution in [0.15, 0.2) is 39.3 Å². The van der Waals surface area contributed by atoms with E-state index in [0.717, 1.165) is 6.21 Å². The number of hydrazone groups is 1. The van der Waals surface area contributed by atoms with Crippen LogP contribution in [-0.2, 0) is 14.9 Å². The SMILES string of the molecule is CC([O-])=N[C@@H](C)C(=O)N/N=C\c1ccccc1S(=O)(=O)O.[Na+]. The summed E-state index contributed by atoms with van der Waals surface area (Å²) >= 11 is 0. The van der Waals surface area contributed by atoms with Gasteiger partial charge in [0.25, 0.3) is 16.0 Å². The Morgan fingerprint density at radius 1 is 1.41 bits per heavy atom. The molecule has 0 spiro atoms. The summed E-state index contributed by atoms with van der Waals surface area (Å²) < 4.78 is 31.3. The van der Waals surface area contributed by atoms with Gasteiger partial charge in [-0.1, -0.05) is 18.2 Å².